The molecule has 2 aliphatic rings. The number of methoxy groups -OCH3 is 1. The molecular formula is C33H49ClN6O3. The van der Waals surface area contributed by atoms with Gasteiger partial charge in [-0.3, -0.25) is 9.59 Å². The lowest BCUT2D eigenvalue weighted by Gasteiger charge is -2.47. The summed E-state index contributed by atoms with van der Waals surface area (Å²) in [5, 5.41) is 8.75. The smallest absolute Gasteiger partial charge is 0.245 e. The number of hydrazine groups is 1. The number of ether oxygens (including phenoxy) is 1. The maximum Gasteiger partial charge on any atom is 0.245 e. The first-order valence-corrected chi connectivity index (χ1v) is 15.9. The van der Waals surface area contributed by atoms with E-state index < -0.39 is 12.1 Å². The van der Waals surface area contributed by atoms with Crippen LogP contribution in [0.25, 0.3) is 0 Å². The molecule has 236 valence electrons. The molecular weight excluding hydrogens is 564 g/mol. The summed E-state index contributed by atoms with van der Waals surface area (Å²) >= 11 is 6.11. The van der Waals surface area contributed by atoms with Crippen molar-refractivity contribution in [2.75, 3.05) is 60.0 Å². The second-order valence-corrected chi connectivity index (χ2v) is 12.8. The van der Waals surface area contributed by atoms with E-state index in [-0.39, 0.29) is 18.2 Å². The van der Waals surface area contributed by atoms with Crippen LogP contribution < -0.4 is 15.8 Å². The standard InChI is InChI=1S/C33H49ClN6O3/c1-24(2)23-40(39-19-17-37(3)18-20-39)27-13-15-38(16-14-27)33(42)30(21-25-9-11-26(34)12-10-25)36-32(41)22-29(35)28-7-5-6-8-31(28)43-4/h5-12,24,27,29-30H,13-23,35H2,1-4H3,(H,36,41)/t29-,30-/m1/s1. The number of amides is 2. The number of hydrogen-bond acceptors (Lipinski definition) is 7. The molecule has 9 nitrogen and oxygen atoms in total. The Kier molecular flexibility index (Phi) is 12.2. The van der Waals surface area contributed by atoms with Crippen LogP contribution in [0.15, 0.2) is 48.5 Å². The van der Waals surface area contributed by atoms with Crippen LogP contribution in [0.2, 0.25) is 5.02 Å². The molecule has 2 atom stereocenters. The Labute approximate surface area is 262 Å². The van der Waals surface area contributed by atoms with Crippen LogP contribution in [0, 0.1) is 5.92 Å². The van der Waals surface area contributed by atoms with Gasteiger partial charge >= 0.3 is 0 Å². The SMILES string of the molecule is COc1ccccc1[C@H](N)CC(=O)N[C@H](Cc1ccc(Cl)cc1)C(=O)N1CCC(N(CC(C)C)N2CCN(C)CC2)CC1. The van der Waals surface area contributed by atoms with Crippen molar-refractivity contribution in [3.8, 4) is 5.75 Å². The number of nitrogens with zero attached hydrogens (tertiary/aromatic N) is 4. The predicted molar refractivity (Wildman–Crippen MR) is 172 cm³/mol. The van der Waals surface area contributed by atoms with Crippen molar-refractivity contribution >= 4 is 23.4 Å². The number of rotatable bonds is 12. The Morgan fingerprint density at radius 3 is 2.30 bits per heavy atom. The molecule has 2 aliphatic heterocycles. The zero-order chi connectivity index (χ0) is 30.9. The van der Waals surface area contributed by atoms with Crippen molar-refractivity contribution < 1.29 is 14.3 Å². The maximum atomic E-state index is 14.0. The highest BCUT2D eigenvalue weighted by Crippen LogP contribution is 2.26. The minimum Gasteiger partial charge on any atom is -0.496 e. The monoisotopic (exact) mass is 612 g/mol. The summed E-state index contributed by atoms with van der Waals surface area (Å²) < 4.78 is 5.43. The van der Waals surface area contributed by atoms with Crippen LogP contribution in [0.1, 0.15) is 50.3 Å². The van der Waals surface area contributed by atoms with E-state index in [1.807, 2.05) is 53.4 Å². The summed E-state index contributed by atoms with van der Waals surface area (Å²) in [6.07, 6.45) is 2.24. The molecule has 2 aromatic carbocycles. The van der Waals surface area contributed by atoms with Gasteiger partial charge in [0.2, 0.25) is 11.8 Å². The number of piperazine rings is 1. The number of hydrogen-bond donors (Lipinski definition) is 2. The average Bonchev–Trinajstić information content (AvgIpc) is 3.00. The molecule has 2 amide bonds. The van der Waals surface area contributed by atoms with Crippen LogP contribution in [0.3, 0.4) is 0 Å². The molecule has 4 rings (SSSR count). The first-order valence-electron chi connectivity index (χ1n) is 15.6. The number of para-hydroxylation sites is 1. The summed E-state index contributed by atoms with van der Waals surface area (Å²) in [6.45, 7) is 11.1. The van der Waals surface area contributed by atoms with Gasteiger partial charge in [-0.25, -0.2) is 10.0 Å². The fourth-order valence-corrected chi connectivity index (χ4v) is 6.25. The van der Waals surface area contributed by atoms with Crippen molar-refractivity contribution in [1.82, 2.24) is 25.1 Å². The van der Waals surface area contributed by atoms with E-state index in [0.29, 0.717) is 42.2 Å². The number of likely N-dealkylation sites (N-methyl/N-ethyl adjacent to an activating group) is 1. The van der Waals surface area contributed by atoms with Gasteiger partial charge < -0.3 is 25.6 Å². The molecule has 2 heterocycles. The van der Waals surface area contributed by atoms with Crippen molar-refractivity contribution in [2.45, 2.75) is 57.7 Å². The van der Waals surface area contributed by atoms with Crippen LogP contribution in [-0.2, 0) is 16.0 Å². The molecule has 2 fully saturated rings. The van der Waals surface area contributed by atoms with Gasteiger partial charge in [-0.1, -0.05) is 55.8 Å². The third kappa shape index (κ3) is 9.40. The number of carbonyl (C=O) groups is 2. The van der Waals surface area contributed by atoms with Crippen LogP contribution in [0.4, 0.5) is 0 Å². The maximum absolute atomic E-state index is 14.0. The van der Waals surface area contributed by atoms with Crippen molar-refractivity contribution in [3.05, 3.63) is 64.7 Å². The molecule has 0 aliphatic carbocycles. The lowest BCUT2D eigenvalue weighted by Crippen LogP contribution is -2.60. The highest BCUT2D eigenvalue weighted by molar-refractivity contribution is 6.30. The molecule has 0 saturated carbocycles. The highest BCUT2D eigenvalue weighted by Gasteiger charge is 2.34. The summed E-state index contributed by atoms with van der Waals surface area (Å²) in [7, 11) is 3.77. The van der Waals surface area contributed by atoms with Gasteiger partial charge in [-0.05, 0) is 49.6 Å². The van der Waals surface area contributed by atoms with Gasteiger partial charge in [-0.2, -0.15) is 0 Å². The number of nitrogens with two attached hydrogens (primary N) is 1. The van der Waals surface area contributed by atoms with Gasteiger partial charge in [0.05, 0.1) is 7.11 Å². The molecule has 43 heavy (non-hydrogen) atoms. The topological polar surface area (TPSA) is 94.4 Å². The van der Waals surface area contributed by atoms with Gasteiger partial charge in [-0.15, -0.1) is 0 Å². The molecule has 0 radical (unpaired) electrons. The average molecular weight is 613 g/mol. The van der Waals surface area contributed by atoms with Gasteiger partial charge in [0.15, 0.2) is 0 Å². The highest BCUT2D eigenvalue weighted by atomic mass is 35.5. The largest absolute Gasteiger partial charge is 0.496 e. The molecule has 0 aromatic heterocycles. The van der Waals surface area contributed by atoms with E-state index >= 15 is 0 Å². The molecule has 2 saturated heterocycles. The lowest BCUT2D eigenvalue weighted by atomic mass is 9.99. The summed E-state index contributed by atoms with van der Waals surface area (Å²) in [4.78, 5) is 31.5. The zero-order valence-electron chi connectivity index (χ0n) is 26.2. The fourth-order valence-electron chi connectivity index (χ4n) is 6.12. The van der Waals surface area contributed by atoms with Gasteiger partial charge in [0.1, 0.15) is 11.8 Å². The third-order valence-electron chi connectivity index (χ3n) is 8.52. The van der Waals surface area contributed by atoms with Crippen LogP contribution >= 0.6 is 11.6 Å². The number of carbonyl (C=O) groups excluding carboxylic acids is 2. The van der Waals surface area contributed by atoms with Crippen LogP contribution in [-0.4, -0.2) is 104 Å². The minimum absolute atomic E-state index is 0.0437. The minimum atomic E-state index is -0.695. The number of nitrogens with one attached hydrogen (secondary N) is 1. The van der Waals surface area contributed by atoms with E-state index in [2.05, 4.69) is 41.1 Å². The Morgan fingerprint density at radius 2 is 1.67 bits per heavy atom. The Balaban J connectivity index is 1.42. The first kappa shape index (κ1) is 33.2. The molecule has 2 aromatic rings. The molecule has 0 unspecified atom stereocenters. The van der Waals surface area contributed by atoms with E-state index in [1.165, 1.54) is 0 Å². The van der Waals surface area contributed by atoms with E-state index in [4.69, 9.17) is 22.1 Å². The quantitative estimate of drug-likeness (QED) is 0.378. The second kappa shape index (κ2) is 15.9. The van der Waals surface area contributed by atoms with Crippen LogP contribution in [0.5, 0.6) is 5.75 Å². The number of likely N-dealkylation sites (tertiary alicyclic amines) is 1. The Hall–Kier alpha value is -2.69. The summed E-state index contributed by atoms with van der Waals surface area (Å²) in [5.74, 6) is 0.879. The summed E-state index contributed by atoms with van der Waals surface area (Å²) in [6, 6.07) is 14.0. The van der Waals surface area contributed by atoms with E-state index in [1.54, 1.807) is 7.11 Å². The normalized spacial score (nSPS) is 18.6. The van der Waals surface area contributed by atoms with Gasteiger partial charge in [0.25, 0.3) is 0 Å². The second-order valence-electron chi connectivity index (χ2n) is 12.3. The number of piperidine rings is 1. The Morgan fingerprint density at radius 1 is 1.02 bits per heavy atom. The van der Waals surface area contributed by atoms with Crippen molar-refractivity contribution in [3.63, 3.8) is 0 Å². The molecule has 0 spiro atoms. The van der Waals surface area contributed by atoms with Crippen molar-refractivity contribution in [2.24, 2.45) is 11.7 Å². The number of halogens is 1. The fraction of sp³-hybridized carbons (Fsp3) is 0.576. The third-order valence-corrected chi connectivity index (χ3v) is 8.77. The zero-order valence-corrected chi connectivity index (χ0v) is 26.9. The van der Waals surface area contributed by atoms with Crippen molar-refractivity contribution in [1.29, 1.82) is 0 Å². The molecule has 0 bridgehead atoms. The van der Waals surface area contributed by atoms with E-state index in [0.717, 1.165) is 56.7 Å². The number of benzene rings is 2. The lowest BCUT2D eigenvalue weighted by molar-refractivity contribution is -0.140. The van der Waals surface area contributed by atoms with Gasteiger partial charge in [0, 0.05) is 81.3 Å². The van der Waals surface area contributed by atoms with E-state index in [9.17, 15) is 9.59 Å². The molecule has 10 heteroatoms. The first-order chi connectivity index (χ1) is 20.6. The predicted octanol–water partition coefficient (Wildman–Crippen LogP) is 3.58. The Bertz CT molecular complexity index is 1180. The summed E-state index contributed by atoms with van der Waals surface area (Å²) in [5.41, 5.74) is 8.11. The molecule has 3 N–H and O–H groups in total.